The minimum absolute atomic E-state index is 0.273. The summed E-state index contributed by atoms with van der Waals surface area (Å²) in [5.41, 5.74) is 4.06. The van der Waals surface area contributed by atoms with Gasteiger partial charge in [0.1, 0.15) is 18.2 Å². The van der Waals surface area contributed by atoms with Gasteiger partial charge < -0.3 is 14.8 Å². The van der Waals surface area contributed by atoms with Gasteiger partial charge in [-0.05, 0) is 44.5 Å². The summed E-state index contributed by atoms with van der Waals surface area (Å²) < 4.78 is 24.4. The highest BCUT2D eigenvalue weighted by Gasteiger charge is 2.29. The Hall–Kier alpha value is -3.08. The lowest BCUT2D eigenvalue weighted by Crippen LogP contribution is -2.26. The van der Waals surface area contributed by atoms with Crippen LogP contribution >= 0.6 is 0 Å². The minimum atomic E-state index is -0.338. The van der Waals surface area contributed by atoms with Crippen molar-refractivity contribution < 1.29 is 18.7 Å². The quantitative estimate of drug-likeness (QED) is 0.728. The van der Waals surface area contributed by atoms with E-state index >= 15 is 0 Å². The Bertz CT molecular complexity index is 916. The van der Waals surface area contributed by atoms with Gasteiger partial charge in [-0.25, -0.2) is 9.18 Å². The van der Waals surface area contributed by atoms with Crippen molar-refractivity contribution in [2.75, 3.05) is 6.61 Å². The average molecular weight is 381 g/mol. The van der Waals surface area contributed by atoms with Crippen LogP contribution < -0.4 is 10.1 Å². The fourth-order valence-electron chi connectivity index (χ4n) is 3.32. The molecule has 5 heteroatoms. The van der Waals surface area contributed by atoms with Gasteiger partial charge in [-0.15, -0.1) is 0 Å². The summed E-state index contributed by atoms with van der Waals surface area (Å²) in [7, 11) is 0. The number of allylic oxidation sites excluding steroid dienone is 3. The van der Waals surface area contributed by atoms with Crippen LogP contribution in [0.5, 0.6) is 5.75 Å². The lowest BCUT2D eigenvalue weighted by Gasteiger charge is -2.27. The van der Waals surface area contributed by atoms with Gasteiger partial charge in [-0.1, -0.05) is 36.4 Å². The highest BCUT2D eigenvalue weighted by atomic mass is 19.1. The molecule has 1 atom stereocenters. The molecule has 3 rings (SSSR count). The van der Waals surface area contributed by atoms with E-state index in [4.69, 9.17) is 9.47 Å². The SMILES string of the molecule is CCOC(=O)C1=C(C)NC(C)=CC1c1ccccc1OCc1ccc(F)cc1. The van der Waals surface area contributed by atoms with E-state index in [1.54, 1.807) is 19.1 Å². The number of nitrogens with one attached hydrogen (secondary N) is 1. The van der Waals surface area contributed by atoms with E-state index in [1.807, 2.05) is 44.2 Å². The van der Waals surface area contributed by atoms with Gasteiger partial charge in [0.15, 0.2) is 0 Å². The van der Waals surface area contributed by atoms with Crippen molar-refractivity contribution in [3.63, 3.8) is 0 Å². The number of carbonyl (C=O) groups is 1. The molecule has 0 bridgehead atoms. The third-order valence-corrected chi connectivity index (χ3v) is 4.57. The summed E-state index contributed by atoms with van der Waals surface area (Å²) in [6.45, 7) is 6.24. The molecule has 1 aliphatic heterocycles. The summed E-state index contributed by atoms with van der Waals surface area (Å²) in [4.78, 5) is 12.6. The predicted octanol–water partition coefficient (Wildman–Crippen LogP) is 4.83. The Morgan fingerprint density at radius 2 is 1.82 bits per heavy atom. The van der Waals surface area contributed by atoms with E-state index in [1.165, 1.54) is 12.1 Å². The van der Waals surface area contributed by atoms with Gasteiger partial charge in [0.2, 0.25) is 0 Å². The number of esters is 1. The monoisotopic (exact) mass is 381 g/mol. The molecular formula is C23H24FNO3. The molecular weight excluding hydrogens is 357 g/mol. The maximum Gasteiger partial charge on any atom is 0.336 e. The third kappa shape index (κ3) is 4.42. The first-order chi connectivity index (χ1) is 13.5. The molecule has 1 unspecified atom stereocenters. The van der Waals surface area contributed by atoms with Crippen LogP contribution in [-0.4, -0.2) is 12.6 Å². The normalized spacial score (nSPS) is 16.3. The molecule has 0 saturated heterocycles. The zero-order chi connectivity index (χ0) is 20.1. The molecule has 0 saturated carbocycles. The van der Waals surface area contributed by atoms with Crippen molar-refractivity contribution in [3.05, 3.63) is 88.5 Å². The fourth-order valence-corrected chi connectivity index (χ4v) is 3.32. The number of rotatable bonds is 6. The number of carbonyl (C=O) groups excluding carboxylic acids is 1. The van der Waals surface area contributed by atoms with Crippen LogP contribution in [0.3, 0.4) is 0 Å². The van der Waals surface area contributed by atoms with E-state index in [-0.39, 0.29) is 17.7 Å². The van der Waals surface area contributed by atoms with Gasteiger partial charge in [0, 0.05) is 22.9 Å². The maximum atomic E-state index is 13.1. The van der Waals surface area contributed by atoms with E-state index in [2.05, 4.69) is 5.32 Å². The summed E-state index contributed by atoms with van der Waals surface area (Å²) in [6, 6.07) is 13.9. The van der Waals surface area contributed by atoms with Crippen molar-refractivity contribution in [2.24, 2.45) is 0 Å². The Kier molecular flexibility index (Phi) is 6.14. The van der Waals surface area contributed by atoms with Crippen molar-refractivity contribution in [3.8, 4) is 5.75 Å². The van der Waals surface area contributed by atoms with Crippen molar-refractivity contribution >= 4 is 5.97 Å². The maximum absolute atomic E-state index is 13.1. The molecule has 1 aliphatic rings. The van der Waals surface area contributed by atoms with Crippen molar-refractivity contribution in [1.29, 1.82) is 0 Å². The molecule has 4 nitrogen and oxygen atoms in total. The first-order valence-corrected chi connectivity index (χ1v) is 9.29. The summed E-state index contributed by atoms with van der Waals surface area (Å²) in [5.74, 6) is -0.212. The molecule has 0 amide bonds. The molecule has 2 aromatic rings. The average Bonchev–Trinajstić information content (AvgIpc) is 2.67. The zero-order valence-electron chi connectivity index (χ0n) is 16.3. The van der Waals surface area contributed by atoms with Crippen LogP contribution in [0.2, 0.25) is 0 Å². The van der Waals surface area contributed by atoms with E-state index in [9.17, 15) is 9.18 Å². The molecule has 28 heavy (non-hydrogen) atoms. The molecule has 0 aliphatic carbocycles. The van der Waals surface area contributed by atoms with Gasteiger partial charge in [-0.3, -0.25) is 0 Å². The standard InChI is InChI=1S/C23H24FNO3/c1-4-27-23(26)22-16(3)25-15(2)13-20(22)19-7-5-6-8-21(19)28-14-17-9-11-18(24)12-10-17/h5-13,20,25H,4,14H2,1-3H3. The number of hydrogen-bond acceptors (Lipinski definition) is 4. The summed E-state index contributed by atoms with van der Waals surface area (Å²) in [5, 5.41) is 3.21. The van der Waals surface area contributed by atoms with Crippen LogP contribution in [0, 0.1) is 5.82 Å². The van der Waals surface area contributed by atoms with Crippen molar-refractivity contribution in [1.82, 2.24) is 5.32 Å². The lowest BCUT2D eigenvalue weighted by molar-refractivity contribution is -0.138. The van der Waals surface area contributed by atoms with Gasteiger partial charge in [0.05, 0.1) is 12.2 Å². The molecule has 146 valence electrons. The van der Waals surface area contributed by atoms with Crippen LogP contribution in [0.15, 0.2) is 71.6 Å². The molecule has 1 N–H and O–H groups in total. The molecule has 1 heterocycles. The predicted molar refractivity (Wildman–Crippen MR) is 106 cm³/mol. The number of benzene rings is 2. The molecule has 2 aromatic carbocycles. The Labute approximate surface area is 164 Å². The van der Waals surface area contributed by atoms with E-state index < -0.39 is 0 Å². The van der Waals surface area contributed by atoms with Gasteiger partial charge in [-0.2, -0.15) is 0 Å². The van der Waals surface area contributed by atoms with Crippen LogP contribution in [0.4, 0.5) is 4.39 Å². The first-order valence-electron chi connectivity index (χ1n) is 9.29. The number of hydrogen-bond donors (Lipinski definition) is 1. The lowest BCUT2D eigenvalue weighted by atomic mass is 9.86. The molecule has 0 fully saturated rings. The highest BCUT2D eigenvalue weighted by Crippen LogP contribution is 2.37. The first kappa shape index (κ1) is 19.7. The fraction of sp³-hybridized carbons (Fsp3) is 0.261. The smallest absolute Gasteiger partial charge is 0.336 e. The Morgan fingerprint density at radius 3 is 2.54 bits per heavy atom. The second-order valence-electron chi connectivity index (χ2n) is 6.66. The van der Waals surface area contributed by atoms with Gasteiger partial charge in [0.25, 0.3) is 0 Å². The second-order valence-corrected chi connectivity index (χ2v) is 6.66. The Balaban J connectivity index is 1.92. The molecule has 0 radical (unpaired) electrons. The molecule has 0 spiro atoms. The van der Waals surface area contributed by atoms with Crippen LogP contribution in [0.1, 0.15) is 37.8 Å². The van der Waals surface area contributed by atoms with E-state index in [0.29, 0.717) is 24.5 Å². The van der Waals surface area contributed by atoms with Crippen LogP contribution in [-0.2, 0) is 16.1 Å². The number of dihydropyridines is 1. The van der Waals surface area contributed by atoms with Crippen molar-refractivity contribution in [2.45, 2.75) is 33.3 Å². The second kappa shape index (κ2) is 8.74. The van der Waals surface area contributed by atoms with E-state index in [0.717, 1.165) is 22.5 Å². The number of ether oxygens (including phenoxy) is 2. The zero-order valence-corrected chi connectivity index (χ0v) is 16.3. The molecule has 0 aromatic heterocycles. The largest absolute Gasteiger partial charge is 0.489 e. The highest BCUT2D eigenvalue weighted by molar-refractivity contribution is 5.92. The van der Waals surface area contributed by atoms with Crippen LogP contribution in [0.25, 0.3) is 0 Å². The number of halogens is 1. The number of para-hydroxylation sites is 1. The summed E-state index contributed by atoms with van der Waals surface area (Å²) in [6.07, 6.45) is 2.00. The summed E-state index contributed by atoms with van der Waals surface area (Å²) >= 11 is 0. The Morgan fingerprint density at radius 1 is 1.11 bits per heavy atom. The topological polar surface area (TPSA) is 47.6 Å². The van der Waals surface area contributed by atoms with Gasteiger partial charge >= 0.3 is 5.97 Å². The minimum Gasteiger partial charge on any atom is -0.489 e. The third-order valence-electron chi connectivity index (χ3n) is 4.57.